The first-order valence-corrected chi connectivity index (χ1v) is 6.76. The molecule has 1 atom stereocenters. The van der Waals surface area contributed by atoms with E-state index in [9.17, 15) is 5.11 Å². The maximum absolute atomic E-state index is 9.81. The predicted molar refractivity (Wildman–Crippen MR) is 66.0 cm³/mol. The topological polar surface area (TPSA) is 50.7 Å². The second-order valence-corrected chi connectivity index (χ2v) is 5.69. The smallest absolute Gasteiger partial charge is 0.0897 e. The highest BCUT2D eigenvalue weighted by Gasteiger charge is 2.27. The Labute approximate surface area is 104 Å². The van der Waals surface area contributed by atoms with E-state index in [4.69, 9.17) is 9.47 Å². The molecule has 2 fully saturated rings. The van der Waals surface area contributed by atoms with E-state index in [-0.39, 0.29) is 5.54 Å². The van der Waals surface area contributed by atoms with Crippen molar-refractivity contribution in [2.24, 2.45) is 5.92 Å². The summed E-state index contributed by atoms with van der Waals surface area (Å²) >= 11 is 0. The molecule has 0 aromatic carbocycles. The van der Waals surface area contributed by atoms with Gasteiger partial charge in [-0.2, -0.15) is 0 Å². The first kappa shape index (κ1) is 13.3. The molecule has 1 aliphatic carbocycles. The van der Waals surface area contributed by atoms with Crippen molar-refractivity contribution in [1.82, 2.24) is 5.32 Å². The fraction of sp³-hybridized carbons (Fsp3) is 1.00. The molecule has 1 aliphatic heterocycles. The molecule has 2 aliphatic rings. The van der Waals surface area contributed by atoms with Gasteiger partial charge in [0.2, 0.25) is 0 Å². The van der Waals surface area contributed by atoms with E-state index in [1.807, 2.05) is 0 Å². The van der Waals surface area contributed by atoms with Gasteiger partial charge in [0, 0.05) is 31.9 Å². The molecule has 0 spiro atoms. The molecule has 4 heteroatoms. The maximum Gasteiger partial charge on any atom is 0.0897 e. The number of aliphatic hydroxyl groups is 1. The van der Waals surface area contributed by atoms with Gasteiger partial charge >= 0.3 is 0 Å². The van der Waals surface area contributed by atoms with Crippen LogP contribution in [-0.2, 0) is 9.47 Å². The molecular formula is C13H25NO3. The van der Waals surface area contributed by atoms with Gasteiger partial charge in [0.25, 0.3) is 0 Å². The minimum absolute atomic E-state index is 0.121. The lowest BCUT2D eigenvalue weighted by Gasteiger charge is -2.35. The number of nitrogens with one attached hydrogen (secondary N) is 1. The van der Waals surface area contributed by atoms with Crippen molar-refractivity contribution in [3.63, 3.8) is 0 Å². The molecule has 2 rings (SSSR count). The average Bonchev–Trinajstić information content (AvgIpc) is 3.12. The van der Waals surface area contributed by atoms with Crippen LogP contribution in [0.2, 0.25) is 0 Å². The molecule has 1 unspecified atom stereocenters. The van der Waals surface area contributed by atoms with Crippen LogP contribution in [0.25, 0.3) is 0 Å². The Hall–Kier alpha value is -0.160. The molecule has 100 valence electrons. The van der Waals surface area contributed by atoms with Gasteiger partial charge in [-0.25, -0.2) is 0 Å². The van der Waals surface area contributed by atoms with Crippen molar-refractivity contribution < 1.29 is 14.6 Å². The molecule has 2 N–H and O–H groups in total. The highest BCUT2D eigenvalue weighted by atomic mass is 16.5. The highest BCUT2D eigenvalue weighted by Crippen LogP contribution is 2.28. The van der Waals surface area contributed by atoms with Gasteiger partial charge in [-0.3, -0.25) is 0 Å². The molecule has 0 aromatic rings. The minimum Gasteiger partial charge on any atom is -0.389 e. The van der Waals surface area contributed by atoms with Crippen LogP contribution >= 0.6 is 0 Å². The fourth-order valence-electron chi connectivity index (χ4n) is 2.08. The van der Waals surface area contributed by atoms with Crippen molar-refractivity contribution in [1.29, 1.82) is 0 Å². The molecule has 0 aromatic heterocycles. The van der Waals surface area contributed by atoms with Gasteiger partial charge in [0.05, 0.1) is 12.7 Å². The van der Waals surface area contributed by atoms with E-state index in [0.29, 0.717) is 13.2 Å². The lowest BCUT2D eigenvalue weighted by Crippen LogP contribution is -2.49. The van der Waals surface area contributed by atoms with E-state index in [1.54, 1.807) is 0 Å². The standard InChI is InChI=1S/C13H25NO3/c1-13(4-6-16-7-5-13)14-8-12(15)10-17-9-11-2-3-11/h11-12,14-15H,2-10H2,1H3. The highest BCUT2D eigenvalue weighted by molar-refractivity contribution is 4.86. The van der Waals surface area contributed by atoms with Gasteiger partial charge in [0.1, 0.15) is 0 Å². The summed E-state index contributed by atoms with van der Waals surface area (Å²) in [6.07, 6.45) is 4.23. The Kier molecular flexibility index (Phi) is 4.79. The average molecular weight is 243 g/mol. The lowest BCUT2D eigenvalue weighted by molar-refractivity contribution is 0.0140. The molecule has 0 radical (unpaired) electrons. The van der Waals surface area contributed by atoms with Gasteiger partial charge in [0.15, 0.2) is 0 Å². The molecule has 0 bridgehead atoms. The van der Waals surface area contributed by atoms with Crippen molar-refractivity contribution in [3.8, 4) is 0 Å². The minimum atomic E-state index is -0.395. The summed E-state index contributed by atoms with van der Waals surface area (Å²) in [5, 5.41) is 13.3. The molecule has 1 heterocycles. The summed E-state index contributed by atoms with van der Waals surface area (Å²) in [5.41, 5.74) is 0.121. The third kappa shape index (κ3) is 4.92. The Morgan fingerprint density at radius 1 is 1.41 bits per heavy atom. The first-order valence-electron chi connectivity index (χ1n) is 6.76. The van der Waals surface area contributed by atoms with Crippen molar-refractivity contribution in [2.45, 2.75) is 44.2 Å². The second-order valence-electron chi connectivity index (χ2n) is 5.69. The number of rotatable bonds is 7. The summed E-state index contributed by atoms with van der Waals surface area (Å²) in [7, 11) is 0. The molecule has 0 amide bonds. The van der Waals surface area contributed by atoms with Crippen LogP contribution < -0.4 is 5.32 Å². The quantitative estimate of drug-likeness (QED) is 0.698. The maximum atomic E-state index is 9.81. The van der Waals surface area contributed by atoms with Gasteiger partial charge < -0.3 is 19.9 Å². The second kappa shape index (κ2) is 6.14. The third-order valence-electron chi connectivity index (χ3n) is 3.72. The number of hydrogen-bond donors (Lipinski definition) is 2. The lowest BCUT2D eigenvalue weighted by atomic mass is 9.92. The number of hydrogen-bond acceptors (Lipinski definition) is 4. The van der Waals surface area contributed by atoms with Gasteiger partial charge in [-0.05, 0) is 38.5 Å². The third-order valence-corrected chi connectivity index (χ3v) is 3.72. The van der Waals surface area contributed by atoms with E-state index in [0.717, 1.165) is 38.6 Å². The zero-order valence-electron chi connectivity index (χ0n) is 10.8. The zero-order valence-corrected chi connectivity index (χ0v) is 10.8. The van der Waals surface area contributed by atoms with Crippen molar-refractivity contribution in [3.05, 3.63) is 0 Å². The van der Waals surface area contributed by atoms with E-state index >= 15 is 0 Å². The van der Waals surface area contributed by atoms with Crippen LogP contribution in [-0.4, -0.2) is 49.7 Å². The van der Waals surface area contributed by atoms with Gasteiger partial charge in [-0.15, -0.1) is 0 Å². The first-order chi connectivity index (χ1) is 8.18. The fourth-order valence-corrected chi connectivity index (χ4v) is 2.08. The predicted octanol–water partition coefficient (Wildman–Crippen LogP) is 0.933. The molecule has 17 heavy (non-hydrogen) atoms. The Morgan fingerprint density at radius 3 is 2.76 bits per heavy atom. The Bertz CT molecular complexity index is 225. The number of aliphatic hydroxyl groups excluding tert-OH is 1. The van der Waals surface area contributed by atoms with Crippen LogP contribution in [0.15, 0.2) is 0 Å². The Balaban J connectivity index is 1.55. The van der Waals surface area contributed by atoms with Crippen LogP contribution in [0.1, 0.15) is 32.6 Å². The molecule has 4 nitrogen and oxygen atoms in total. The SMILES string of the molecule is CC1(NCC(O)COCC2CC2)CCOCC1. The summed E-state index contributed by atoms with van der Waals surface area (Å²) in [5.74, 6) is 0.767. The van der Waals surface area contributed by atoms with Crippen molar-refractivity contribution in [2.75, 3.05) is 33.0 Å². The number of β-amino-alcohol motifs (C(OH)–C–C–N with tert-alkyl or cyclic N) is 1. The van der Waals surface area contributed by atoms with Crippen molar-refractivity contribution >= 4 is 0 Å². The molecule has 1 saturated carbocycles. The monoisotopic (exact) mass is 243 g/mol. The van der Waals surface area contributed by atoms with Crippen LogP contribution in [0, 0.1) is 5.92 Å². The Morgan fingerprint density at radius 2 is 2.12 bits per heavy atom. The summed E-state index contributed by atoms with van der Waals surface area (Å²) in [6.45, 7) is 5.72. The normalized spacial score (nSPS) is 25.8. The summed E-state index contributed by atoms with van der Waals surface area (Å²) in [4.78, 5) is 0. The zero-order chi connectivity index (χ0) is 12.1. The summed E-state index contributed by atoms with van der Waals surface area (Å²) in [6, 6.07) is 0. The van der Waals surface area contributed by atoms with Crippen LogP contribution in [0.3, 0.4) is 0 Å². The number of ether oxygens (including phenoxy) is 2. The van der Waals surface area contributed by atoms with E-state index < -0.39 is 6.10 Å². The van der Waals surface area contributed by atoms with E-state index in [2.05, 4.69) is 12.2 Å². The van der Waals surface area contributed by atoms with Crippen LogP contribution in [0.5, 0.6) is 0 Å². The van der Waals surface area contributed by atoms with E-state index in [1.165, 1.54) is 12.8 Å². The largest absolute Gasteiger partial charge is 0.389 e. The molecule has 1 saturated heterocycles. The van der Waals surface area contributed by atoms with Crippen LogP contribution in [0.4, 0.5) is 0 Å². The molecular weight excluding hydrogens is 218 g/mol. The summed E-state index contributed by atoms with van der Waals surface area (Å²) < 4.78 is 10.8. The van der Waals surface area contributed by atoms with Gasteiger partial charge in [-0.1, -0.05) is 0 Å².